The largest absolute Gasteiger partial charge is 0.339 e. The van der Waals surface area contributed by atoms with Gasteiger partial charge in [0, 0.05) is 24.9 Å². The van der Waals surface area contributed by atoms with Gasteiger partial charge in [-0.15, -0.1) is 0 Å². The fraction of sp³-hybridized carbons (Fsp3) is 0.250. The maximum atomic E-state index is 12.0. The molecule has 1 aromatic carbocycles. The van der Waals surface area contributed by atoms with E-state index in [1.807, 2.05) is 42.5 Å². The van der Waals surface area contributed by atoms with Crippen LogP contribution < -0.4 is 16.2 Å². The van der Waals surface area contributed by atoms with Gasteiger partial charge in [-0.3, -0.25) is 9.78 Å². The Morgan fingerprint density at radius 2 is 1.90 bits per heavy atom. The molecule has 2 unspecified atom stereocenters. The quantitative estimate of drug-likeness (QED) is 0.791. The van der Waals surface area contributed by atoms with Crippen molar-refractivity contribution in [2.75, 3.05) is 0 Å². The summed E-state index contributed by atoms with van der Waals surface area (Å²) in [6, 6.07) is 13.9. The van der Waals surface area contributed by atoms with Gasteiger partial charge in [0.05, 0.1) is 12.6 Å². The van der Waals surface area contributed by atoms with Crippen molar-refractivity contribution in [3.8, 4) is 0 Å². The number of carbonyl (C=O) groups is 1. The van der Waals surface area contributed by atoms with E-state index in [2.05, 4.69) is 21.2 Å². The molecule has 1 saturated heterocycles. The van der Waals surface area contributed by atoms with E-state index in [1.165, 1.54) is 0 Å². The first kappa shape index (κ1) is 13.7. The Hall–Kier alpha value is -2.24. The smallest absolute Gasteiger partial charge is 0.225 e. The lowest BCUT2D eigenvalue weighted by molar-refractivity contribution is -0.121. The Kier molecular flexibility index (Phi) is 4.23. The van der Waals surface area contributed by atoms with Crippen LogP contribution in [0.1, 0.15) is 23.6 Å². The summed E-state index contributed by atoms with van der Waals surface area (Å²) >= 11 is 0. The number of carbonyl (C=O) groups excluding carboxylic acids is 1. The monoisotopic (exact) mass is 282 g/mol. The van der Waals surface area contributed by atoms with Gasteiger partial charge in [-0.1, -0.05) is 30.3 Å². The van der Waals surface area contributed by atoms with Crippen molar-refractivity contribution in [2.24, 2.45) is 0 Å². The molecule has 2 aromatic rings. The SMILES string of the molecule is O=C(Cc1ccccc1)NC1CC(c2ccncc2)NN1. The summed E-state index contributed by atoms with van der Waals surface area (Å²) in [5.74, 6) is 0.0240. The highest BCUT2D eigenvalue weighted by molar-refractivity contribution is 5.78. The first-order chi connectivity index (χ1) is 10.3. The van der Waals surface area contributed by atoms with Gasteiger partial charge < -0.3 is 5.32 Å². The second-order valence-electron chi connectivity index (χ2n) is 5.14. The van der Waals surface area contributed by atoms with Crippen LogP contribution >= 0.6 is 0 Å². The van der Waals surface area contributed by atoms with E-state index < -0.39 is 0 Å². The van der Waals surface area contributed by atoms with Crippen molar-refractivity contribution < 1.29 is 4.79 Å². The molecule has 0 bridgehead atoms. The number of amides is 1. The van der Waals surface area contributed by atoms with E-state index in [1.54, 1.807) is 12.4 Å². The Balaban J connectivity index is 1.52. The first-order valence-electron chi connectivity index (χ1n) is 7.05. The zero-order chi connectivity index (χ0) is 14.5. The summed E-state index contributed by atoms with van der Waals surface area (Å²) in [7, 11) is 0. The second kappa shape index (κ2) is 6.47. The molecule has 108 valence electrons. The molecule has 0 saturated carbocycles. The van der Waals surface area contributed by atoms with Crippen molar-refractivity contribution >= 4 is 5.91 Å². The number of pyridine rings is 1. The van der Waals surface area contributed by atoms with Crippen molar-refractivity contribution in [2.45, 2.75) is 25.0 Å². The molecule has 0 radical (unpaired) electrons. The molecule has 1 aliphatic heterocycles. The average Bonchev–Trinajstić information content (AvgIpc) is 2.97. The number of nitrogens with zero attached hydrogens (tertiary/aromatic N) is 1. The number of benzene rings is 1. The van der Waals surface area contributed by atoms with Gasteiger partial charge in [-0.05, 0) is 23.3 Å². The normalized spacial score (nSPS) is 21.1. The molecule has 0 spiro atoms. The molecule has 5 heteroatoms. The fourth-order valence-corrected chi connectivity index (χ4v) is 2.49. The van der Waals surface area contributed by atoms with Crippen LogP contribution in [0.5, 0.6) is 0 Å². The Labute approximate surface area is 123 Å². The van der Waals surface area contributed by atoms with Crippen LogP contribution in [-0.4, -0.2) is 17.1 Å². The van der Waals surface area contributed by atoms with E-state index in [0.29, 0.717) is 6.42 Å². The lowest BCUT2D eigenvalue weighted by atomic mass is 10.1. The maximum absolute atomic E-state index is 12.0. The molecule has 3 N–H and O–H groups in total. The van der Waals surface area contributed by atoms with Gasteiger partial charge in [0.1, 0.15) is 0 Å². The number of rotatable bonds is 4. The molecule has 1 fully saturated rings. The minimum absolute atomic E-state index is 0.0240. The Morgan fingerprint density at radius 3 is 2.67 bits per heavy atom. The van der Waals surface area contributed by atoms with Crippen molar-refractivity contribution in [1.82, 2.24) is 21.2 Å². The van der Waals surface area contributed by atoms with E-state index in [9.17, 15) is 4.79 Å². The van der Waals surface area contributed by atoms with E-state index in [-0.39, 0.29) is 18.1 Å². The molecule has 1 aliphatic rings. The fourth-order valence-electron chi connectivity index (χ4n) is 2.49. The number of aromatic nitrogens is 1. The van der Waals surface area contributed by atoms with E-state index >= 15 is 0 Å². The Bertz CT molecular complexity index is 588. The van der Waals surface area contributed by atoms with Crippen LogP contribution in [0.25, 0.3) is 0 Å². The number of hydrogen-bond donors (Lipinski definition) is 3. The molecule has 1 aromatic heterocycles. The summed E-state index contributed by atoms with van der Waals surface area (Å²) in [6.45, 7) is 0. The third-order valence-corrected chi connectivity index (χ3v) is 3.55. The highest BCUT2D eigenvalue weighted by atomic mass is 16.1. The third-order valence-electron chi connectivity index (χ3n) is 3.55. The number of nitrogens with one attached hydrogen (secondary N) is 3. The van der Waals surface area contributed by atoms with Crippen LogP contribution in [0.3, 0.4) is 0 Å². The summed E-state index contributed by atoms with van der Waals surface area (Å²) in [5, 5.41) is 3.00. The predicted molar refractivity (Wildman–Crippen MR) is 79.9 cm³/mol. The topological polar surface area (TPSA) is 66.0 Å². The number of hydrazine groups is 1. The Morgan fingerprint density at radius 1 is 1.14 bits per heavy atom. The average molecular weight is 282 g/mol. The van der Waals surface area contributed by atoms with Crippen LogP contribution in [-0.2, 0) is 11.2 Å². The maximum Gasteiger partial charge on any atom is 0.225 e. The molecule has 0 aliphatic carbocycles. The summed E-state index contributed by atoms with van der Waals surface area (Å²) in [4.78, 5) is 16.0. The highest BCUT2D eigenvalue weighted by Gasteiger charge is 2.25. The van der Waals surface area contributed by atoms with Gasteiger partial charge in [0.2, 0.25) is 5.91 Å². The van der Waals surface area contributed by atoms with Crippen molar-refractivity contribution in [3.05, 3.63) is 66.0 Å². The molecule has 2 atom stereocenters. The van der Waals surface area contributed by atoms with Crippen LogP contribution in [0.4, 0.5) is 0 Å². The standard InChI is InChI=1S/C16H18N4O/c21-16(10-12-4-2-1-3-5-12)18-15-11-14(19-20-15)13-6-8-17-9-7-13/h1-9,14-15,19-20H,10-11H2,(H,18,21). The van der Waals surface area contributed by atoms with Crippen LogP contribution in [0.2, 0.25) is 0 Å². The minimum Gasteiger partial charge on any atom is -0.339 e. The zero-order valence-electron chi connectivity index (χ0n) is 11.6. The lowest BCUT2D eigenvalue weighted by Crippen LogP contribution is -2.44. The second-order valence-corrected chi connectivity index (χ2v) is 5.14. The molecular formula is C16H18N4O. The molecule has 5 nitrogen and oxygen atoms in total. The molecule has 2 heterocycles. The third kappa shape index (κ3) is 3.65. The van der Waals surface area contributed by atoms with Gasteiger partial charge in [-0.25, -0.2) is 10.9 Å². The lowest BCUT2D eigenvalue weighted by Gasteiger charge is -2.12. The van der Waals surface area contributed by atoms with Crippen LogP contribution in [0.15, 0.2) is 54.9 Å². The minimum atomic E-state index is -0.0561. The van der Waals surface area contributed by atoms with E-state index in [4.69, 9.17) is 0 Å². The van der Waals surface area contributed by atoms with Gasteiger partial charge in [0.25, 0.3) is 0 Å². The molecule has 21 heavy (non-hydrogen) atoms. The van der Waals surface area contributed by atoms with Gasteiger partial charge in [-0.2, -0.15) is 0 Å². The first-order valence-corrected chi connectivity index (χ1v) is 7.05. The predicted octanol–water partition coefficient (Wildman–Crippen LogP) is 1.31. The van der Waals surface area contributed by atoms with Crippen molar-refractivity contribution in [3.63, 3.8) is 0 Å². The van der Waals surface area contributed by atoms with Gasteiger partial charge >= 0.3 is 0 Å². The molecular weight excluding hydrogens is 264 g/mol. The van der Waals surface area contributed by atoms with Crippen molar-refractivity contribution in [1.29, 1.82) is 0 Å². The van der Waals surface area contributed by atoms with Gasteiger partial charge in [0.15, 0.2) is 0 Å². The van der Waals surface area contributed by atoms with Crippen LogP contribution in [0, 0.1) is 0 Å². The summed E-state index contributed by atoms with van der Waals surface area (Å²) < 4.78 is 0. The van der Waals surface area contributed by atoms with E-state index in [0.717, 1.165) is 17.5 Å². The zero-order valence-corrected chi connectivity index (χ0v) is 11.6. The highest BCUT2D eigenvalue weighted by Crippen LogP contribution is 2.20. The summed E-state index contributed by atoms with van der Waals surface area (Å²) in [6.07, 6.45) is 4.71. The molecule has 1 amide bonds. The summed E-state index contributed by atoms with van der Waals surface area (Å²) in [5.41, 5.74) is 8.50. The number of hydrogen-bond acceptors (Lipinski definition) is 4. The molecule has 3 rings (SSSR count).